The van der Waals surface area contributed by atoms with Crippen LogP contribution in [-0.4, -0.2) is 20.0 Å². The van der Waals surface area contributed by atoms with Crippen molar-refractivity contribution in [2.24, 2.45) is 5.92 Å². The number of ketones is 1. The van der Waals surface area contributed by atoms with E-state index in [0.29, 0.717) is 6.42 Å². The van der Waals surface area contributed by atoms with Gasteiger partial charge in [0.15, 0.2) is 0 Å². The topological polar surface area (TPSA) is 35.5 Å². The first-order valence-corrected chi connectivity index (χ1v) is 5.29. The molecule has 1 aromatic rings. The van der Waals surface area contributed by atoms with Gasteiger partial charge in [0, 0.05) is 12.0 Å². The number of ether oxygens (including phenoxy) is 2. The third-order valence-corrected chi connectivity index (χ3v) is 2.71. The highest BCUT2D eigenvalue weighted by molar-refractivity contribution is 5.78. The SMILES string of the molecule is COc1ccc(CC(C)C(C)=O)c(OC)c1. The van der Waals surface area contributed by atoms with Gasteiger partial charge in [-0.15, -0.1) is 0 Å². The summed E-state index contributed by atoms with van der Waals surface area (Å²) in [4.78, 5) is 11.2. The van der Waals surface area contributed by atoms with Gasteiger partial charge in [-0.1, -0.05) is 13.0 Å². The smallest absolute Gasteiger partial charge is 0.132 e. The fraction of sp³-hybridized carbons (Fsp3) is 0.462. The quantitative estimate of drug-likeness (QED) is 0.767. The molecule has 0 saturated carbocycles. The van der Waals surface area contributed by atoms with Crippen LogP contribution in [0.1, 0.15) is 19.4 Å². The van der Waals surface area contributed by atoms with Crippen molar-refractivity contribution in [1.29, 1.82) is 0 Å². The van der Waals surface area contributed by atoms with Gasteiger partial charge in [-0.2, -0.15) is 0 Å². The number of Topliss-reactive ketones (excluding diaryl/α,β-unsaturated/α-hetero) is 1. The molecule has 1 aromatic carbocycles. The Labute approximate surface area is 96.4 Å². The zero-order valence-electron chi connectivity index (χ0n) is 10.2. The van der Waals surface area contributed by atoms with E-state index in [1.165, 1.54) is 0 Å². The largest absolute Gasteiger partial charge is 0.497 e. The summed E-state index contributed by atoms with van der Waals surface area (Å²) in [5.41, 5.74) is 1.03. The second-order valence-electron chi connectivity index (χ2n) is 3.89. The van der Waals surface area contributed by atoms with Crippen molar-refractivity contribution in [2.45, 2.75) is 20.3 Å². The number of benzene rings is 1. The highest BCUT2D eigenvalue weighted by Crippen LogP contribution is 2.26. The van der Waals surface area contributed by atoms with E-state index >= 15 is 0 Å². The lowest BCUT2D eigenvalue weighted by molar-refractivity contribution is -0.120. The Morgan fingerprint density at radius 1 is 1.31 bits per heavy atom. The molecule has 88 valence electrons. The fourth-order valence-electron chi connectivity index (χ4n) is 1.49. The third-order valence-electron chi connectivity index (χ3n) is 2.71. The summed E-state index contributed by atoms with van der Waals surface area (Å²) >= 11 is 0. The Kier molecular flexibility index (Phi) is 4.35. The first-order valence-electron chi connectivity index (χ1n) is 5.29. The molecule has 0 amide bonds. The monoisotopic (exact) mass is 222 g/mol. The number of rotatable bonds is 5. The molecule has 0 heterocycles. The number of methoxy groups -OCH3 is 2. The van der Waals surface area contributed by atoms with Crippen molar-refractivity contribution >= 4 is 5.78 Å². The molecule has 0 N–H and O–H groups in total. The van der Waals surface area contributed by atoms with E-state index in [4.69, 9.17) is 9.47 Å². The molecule has 3 heteroatoms. The molecule has 0 fully saturated rings. The van der Waals surface area contributed by atoms with E-state index < -0.39 is 0 Å². The van der Waals surface area contributed by atoms with Gasteiger partial charge in [-0.3, -0.25) is 4.79 Å². The summed E-state index contributed by atoms with van der Waals surface area (Å²) < 4.78 is 10.4. The Hall–Kier alpha value is -1.51. The molecular formula is C13H18O3. The van der Waals surface area contributed by atoms with Gasteiger partial charge in [0.05, 0.1) is 14.2 Å². The van der Waals surface area contributed by atoms with Crippen LogP contribution in [0, 0.1) is 5.92 Å². The van der Waals surface area contributed by atoms with Crippen LogP contribution in [-0.2, 0) is 11.2 Å². The maximum absolute atomic E-state index is 11.2. The van der Waals surface area contributed by atoms with E-state index in [-0.39, 0.29) is 11.7 Å². The normalized spacial score (nSPS) is 12.0. The zero-order valence-corrected chi connectivity index (χ0v) is 10.2. The lowest BCUT2D eigenvalue weighted by Gasteiger charge is -2.12. The van der Waals surface area contributed by atoms with Gasteiger partial charge in [-0.25, -0.2) is 0 Å². The minimum Gasteiger partial charge on any atom is -0.497 e. The molecule has 3 nitrogen and oxygen atoms in total. The molecule has 1 unspecified atom stereocenters. The Morgan fingerprint density at radius 2 is 2.00 bits per heavy atom. The summed E-state index contributed by atoms with van der Waals surface area (Å²) in [5, 5.41) is 0. The molecule has 0 aromatic heterocycles. The molecular weight excluding hydrogens is 204 g/mol. The average Bonchev–Trinajstić information content (AvgIpc) is 2.29. The molecule has 0 aliphatic rings. The first-order chi connectivity index (χ1) is 7.58. The average molecular weight is 222 g/mol. The maximum atomic E-state index is 11.2. The third kappa shape index (κ3) is 2.99. The lowest BCUT2D eigenvalue weighted by atomic mass is 9.97. The first kappa shape index (κ1) is 12.6. The molecule has 16 heavy (non-hydrogen) atoms. The molecule has 0 radical (unpaired) electrons. The Balaban J connectivity index is 2.91. The summed E-state index contributed by atoms with van der Waals surface area (Å²) in [7, 11) is 3.24. The molecule has 0 bridgehead atoms. The van der Waals surface area contributed by atoms with Crippen molar-refractivity contribution in [3.63, 3.8) is 0 Å². The number of hydrogen-bond donors (Lipinski definition) is 0. The van der Waals surface area contributed by atoms with Crippen LogP contribution in [0.15, 0.2) is 18.2 Å². The summed E-state index contributed by atoms with van der Waals surface area (Å²) in [6.07, 6.45) is 0.697. The molecule has 1 rings (SSSR count). The van der Waals surface area contributed by atoms with Crippen LogP contribution in [0.2, 0.25) is 0 Å². The number of carbonyl (C=O) groups excluding carboxylic acids is 1. The summed E-state index contributed by atoms with van der Waals surface area (Å²) in [6, 6.07) is 5.66. The summed E-state index contributed by atoms with van der Waals surface area (Å²) in [6.45, 7) is 3.53. The van der Waals surface area contributed by atoms with E-state index in [1.54, 1.807) is 21.1 Å². The standard InChI is InChI=1S/C13H18O3/c1-9(10(2)14)7-11-5-6-12(15-3)8-13(11)16-4/h5-6,8-9H,7H2,1-4H3. The van der Waals surface area contributed by atoms with E-state index in [0.717, 1.165) is 17.1 Å². The van der Waals surface area contributed by atoms with E-state index in [2.05, 4.69) is 0 Å². The van der Waals surface area contributed by atoms with Gasteiger partial charge in [0.2, 0.25) is 0 Å². The lowest BCUT2D eigenvalue weighted by Crippen LogP contribution is -2.10. The van der Waals surface area contributed by atoms with Crippen LogP contribution in [0.4, 0.5) is 0 Å². The summed E-state index contributed by atoms with van der Waals surface area (Å²) in [5.74, 6) is 1.74. The van der Waals surface area contributed by atoms with Crippen LogP contribution in [0.5, 0.6) is 11.5 Å². The van der Waals surface area contributed by atoms with Gasteiger partial charge in [-0.05, 0) is 25.0 Å². The molecule has 0 spiro atoms. The van der Waals surface area contributed by atoms with Gasteiger partial charge in [0.25, 0.3) is 0 Å². The minimum atomic E-state index is 0.0160. The van der Waals surface area contributed by atoms with Crippen LogP contribution in [0.3, 0.4) is 0 Å². The predicted octanol–water partition coefficient (Wildman–Crippen LogP) is 2.47. The molecule has 0 aliphatic heterocycles. The highest BCUT2D eigenvalue weighted by Gasteiger charge is 2.12. The number of carbonyl (C=O) groups is 1. The second kappa shape index (κ2) is 5.54. The zero-order chi connectivity index (χ0) is 12.1. The van der Waals surface area contributed by atoms with Crippen molar-refractivity contribution in [1.82, 2.24) is 0 Å². The number of hydrogen-bond acceptors (Lipinski definition) is 3. The van der Waals surface area contributed by atoms with Gasteiger partial charge < -0.3 is 9.47 Å². The van der Waals surface area contributed by atoms with E-state index in [1.807, 2.05) is 25.1 Å². The Morgan fingerprint density at radius 3 is 2.50 bits per heavy atom. The highest BCUT2D eigenvalue weighted by atomic mass is 16.5. The molecule has 0 aliphatic carbocycles. The van der Waals surface area contributed by atoms with Crippen molar-refractivity contribution in [2.75, 3.05) is 14.2 Å². The van der Waals surface area contributed by atoms with Crippen LogP contribution >= 0.6 is 0 Å². The fourth-order valence-corrected chi connectivity index (χ4v) is 1.49. The molecule has 1 atom stereocenters. The van der Waals surface area contributed by atoms with E-state index in [9.17, 15) is 4.79 Å². The van der Waals surface area contributed by atoms with Gasteiger partial charge >= 0.3 is 0 Å². The van der Waals surface area contributed by atoms with Crippen molar-refractivity contribution in [3.05, 3.63) is 23.8 Å². The van der Waals surface area contributed by atoms with Crippen molar-refractivity contribution < 1.29 is 14.3 Å². The second-order valence-corrected chi connectivity index (χ2v) is 3.89. The van der Waals surface area contributed by atoms with Crippen LogP contribution < -0.4 is 9.47 Å². The van der Waals surface area contributed by atoms with Crippen LogP contribution in [0.25, 0.3) is 0 Å². The van der Waals surface area contributed by atoms with Crippen molar-refractivity contribution in [3.8, 4) is 11.5 Å². The minimum absolute atomic E-state index is 0.0160. The molecule has 0 saturated heterocycles. The predicted molar refractivity (Wildman–Crippen MR) is 63.1 cm³/mol. The Bertz CT molecular complexity index is 371. The van der Waals surface area contributed by atoms with Gasteiger partial charge in [0.1, 0.15) is 17.3 Å². The maximum Gasteiger partial charge on any atom is 0.132 e.